The Labute approximate surface area is 254 Å². The van der Waals surface area contributed by atoms with E-state index < -0.39 is 53.1 Å². The van der Waals surface area contributed by atoms with Gasteiger partial charge in [-0.2, -0.15) is 0 Å². The van der Waals surface area contributed by atoms with E-state index in [1.807, 2.05) is 0 Å². The van der Waals surface area contributed by atoms with Gasteiger partial charge in [0.05, 0.1) is 0 Å². The van der Waals surface area contributed by atoms with Crippen LogP contribution in [0, 0.1) is 0 Å². The second-order valence-electron chi connectivity index (χ2n) is 9.80. The average molecular weight is 629 g/mol. The third-order valence-corrected chi connectivity index (χ3v) is 9.65. The molecular formula is C26H28N8O7S2. The number of fused-ring (bicyclic) bond motifs is 1. The Morgan fingerprint density at radius 1 is 1.14 bits per heavy atom. The molecule has 5 rings (SSSR count). The van der Waals surface area contributed by atoms with Crippen molar-refractivity contribution in [2.45, 2.75) is 29.5 Å². The molecule has 2 fully saturated rings. The Balaban J connectivity index is 1.30. The first-order chi connectivity index (χ1) is 20.6. The van der Waals surface area contributed by atoms with Crippen LogP contribution in [0.5, 0.6) is 0 Å². The molecule has 43 heavy (non-hydrogen) atoms. The summed E-state index contributed by atoms with van der Waals surface area (Å²) >= 11 is 2.61. The molecule has 3 N–H and O–H groups in total. The molecule has 3 aliphatic rings. The zero-order chi connectivity index (χ0) is 30.8. The lowest BCUT2D eigenvalue weighted by Crippen LogP contribution is -2.71. The monoisotopic (exact) mass is 628 g/mol. The number of likely N-dealkylation sites (N-methyl/N-ethyl adjacent to an activating group) is 1. The van der Waals surface area contributed by atoms with Gasteiger partial charge in [0, 0.05) is 38.2 Å². The maximum Gasteiger partial charge on any atom is 0.352 e. The number of hydrogen-bond acceptors (Lipinski definition) is 10. The van der Waals surface area contributed by atoms with Crippen LogP contribution in [0.4, 0.5) is 4.79 Å². The number of carboxylic acids is 1. The Morgan fingerprint density at radius 3 is 2.53 bits per heavy atom. The van der Waals surface area contributed by atoms with Crippen molar-refractivity contribution in [1.29, 1.82) is 0 Å². The maximum absolute atomic E-state index is 13.5. The lowest BCUT2D eigenvalue weighted by Gasteiger charge is -2.49. The molecule has 0 spiro atoms. The second-order valence-corrected chi connectivity index (χ2v) is 11.8. The van der Waals surface area contributed by atoms with Crippen LogP contribution < -0.4 is 10.6 Å². The van der Waals surface area contributed by atoms with Crippen LogP contribution in [-0.2, 0) is 31.0 Å². The SMILES string of the molecule is CCN1CCN(C(=O)NC(C(=O)N[C@@H]2C(=O)N3C(C(=O)O)=C(CSc4nncn4C)CS[C@H]23)c2ccccc2)C(=O)C1=O. The number of nitrogens with zero attached hydrogens (tertiary/aromatic N) is 6. The van der Waals surface area contributed by atoms with Gasteiger partial charge in [0.1, 0.15) is 29.5 Å². The number of rotatable bonds is 9. The highest BCUT2D eigenvalue weighted by Gasteiger charge is 2.54. The normalized spacial score (nSPS) is 20.9. The first kappa shape index (κ1) is 30.1. The molecule has 2 saturated heterocycles. The smallest absolute Gasteiger partial charge is 0.352 e. The van der Waals surface area contributed by atoms with Gasteiger partial charge in [-0.05, 0) is 18.1 Å². The summed E-state index contributed by atoms with van der Waals surface area (Å²) < 4.78 is 1.70. The number of carbonyl (C=O) groups excluding carboxylic acids is 5. The van der Waals surface area contributed by atoms with Gasteiger partial charge in [-0.25, -0.2) is 9.59 Å². The van der Waals surface area contributed by atoms with E-state index in [4.69, 9.17) is 0 Å². The molecule has 1 aromatic carbocycles. The van der Waals surface area contributed by atoms with E-state index in [0.717, 1.165) is 4.90 Å². The van der Waals surface area contributed by atoms with E-state index in [9.17, 15) is 33.9 Å². The minimum Gasteiger partial charge on any atom is -0.477 e. The number of benzene rings is 1. The Hall–Kier alpha value is -4.38. The van der Waals surface area contributed by atoms with Crippen LogP contribution in [0.25, 0.3) is 0 Å². The Morgan fingerprint density at radius 2 is 1.88 bits per heavy atom. The number of nitrogens with one attached hydrogen (secondary N) is 2. The number of aryl methyl sites for hydroxylation is 1. The number of hydrogen-bond donors (Lipinski definition) is 3. The van der Waals surface area contributed by atoms with Crippen molar-refractivity contribution in [2.75, 3.05) is 31.1 Å². The van der Waals surface area contributed by atoms with Crippen molar-refractivity contribution in [2.24, 2.45) is 7.05 Å². The van der Waals surface area contributed by atoms with Gasteiger partial charge in [-0.15, -0.1) is 22.0 Å². The van der Waals surface area contributed by atoms with Crippen molar-refractivity contribution >= 4 is 59.2 Å². The molecule has 6 amide bonds. The van der Waals surface area contributed by atoms with Crippen LogP contribution in [0.15, 0.2) is 53.1 Å². The summed E-state index contributed by atoms with van der Waals surface area (Å²) in [6, 6.07) is 4.98. The molecule has 2 aromatic rings. The minimum absolute atomic E-state index is 0.0380. The highest BCUT2D eigenvalue weighted by Crippen LogP contribution is 2.41. The zero-order valence-corrected chi connectivity index (χ0v) is 24.8. The number of carboxylic acid groups (broad SMARTS) is 1. The highest BCUT2D eigenvalue weighted by atomic mass is 32.2. The number of urea groups is 1. The quantitative estimate of drug-likeness (QED) is 0.189. The number of aromatic nitrogens is 3. The molecule has 15 nitrogen and oxygen atoms in total. The van der Waals surface area contributed by atoms with Gasteiger partial charge in [-0.1, -0.05) is 42.1 Å². The predicted octanol–water partition coefficient (Wildman–Crippen LogP) is -0.213. The standard InChI is InChI=1S/C26H28N8O7S2/c1-3-32-9-10-33(22(38)21(32)37)25(41)29-16(14-7-5-4-6-8-14)19(35)28-17-20(36)34-18(24(39)40)15(11-42-23(17)34)12-43-26-30-27-13-31(26)2/h4-8,13,16-17,23H,3,9-12H2,1-2H3,(H,28,35)(H,29,41)(H,39,40)/t16?,17-,23-/m1/s1. The second kappa shape index (κ2) is 12.5. The number of aliphatic carboxylic acids is 1. The largest absolute Gasteiger partial charge is 0.477 e. The summed E-state index contributed by atoms with van der Waals surface area (Å²) in [6.45, 7) is 2.17. The molecule has 17 heteroatoms. The van der Waals surface area contributed by atoms with Gasteiger partial charge >= 0.3 is 23.8 Å². The lowest BCUT2D eigenvalue weighted by molar-refractivity contribution is -0.153. The number of thioether (sulfide) groups is 2. The zero-order valence-electron chi connectivity index (χ0n) is 23.1. The molecule has 3 atom stereocenters. The first-order valence-electron chi connectivity index (χ1n) is 13.3. The van der Waals surface area contributed by atoms with E-state index in [0.29, 0.717) is 28.6 Å². The molecular weight excluding hydrogens is 600 g/mol. The van der Waals surface area contributed by atoms with Crippen LogP contribution in [0.1, 0.15) is 18.5 Å². The summed E-state index contributed by atoms with van der Waals surface area (Å²) in [6.07, 6.45) is 1.53. The van der Waals surface area contributed by atoms with Crippen molar-refractivity contribution in [3.63, 3.8) is 0 Å². The first-order valence-corrected chi connectivity index (χ1v) is 15.3. The predicted molar refractivity (Wildman–Crippen MR) is 153 cm³/mol. The molecule has 0 aliphatic carbocycles. The number of amides is 6. The van der Waals surface area contributed by atoms with E-state index >= 15 is 0 Å². The minimum atomic E-state index is -1.30. The van der Waals surface area contributed by atoms with Gasteiger partial charge in [0.15, 0.2) is 5.16 Å². The maximum atomic E-state index is 13.5. The van der Waals surface area contributed by atoms with Crippen molar-refractivity contribution in [3.05, 3.63) is 53.5 Å². The number of carbonyl (C=O) groups is 6. The summed E-state index contributed by atoms with van der Waals surface area (Å²) in [5.74, 6) is -3.80. The third-order valence-electron chi connectivity index (χ3n) is 7.19. The van der Waals surface area contributed by atoms with E-state index in [2.05, 4.69) is 20.8 Å². The topological polar surface area (TPSA) is 187 Å². The van der Waals surface area contributed by atoms with Crippen molar-refractivity contribution < 1.29 is 33.9 Å². The van der Waals surface area contributed by atoms with Gasteiger partial charge in [0.2, 0.25) is 5.91 Å². The molecule has 0 radical (unpaired) electrons. The number of piperazine rings is 1. The van der Waals surface area contributed by atoms with Gasteiger partial charge < -0.3 is 25.2 Å². The molecule has 1 unspecified atom stereocenters. The fourth-order valence-corrected chi connectivity index (χ4v) is 7.28. The highest BCUT2D eigenvalue weighted by molar-refractivity contribution is 8.01. The van der Waals surface area contributed by atoms with Crippen LogP contribution >= 0.6 is 23.5 Å². The Bertz CT molecular complexity index is 1510. The third kappa shape index (κ3) is 5.81. The summed E-state index contributed by atoms with van der Waals surface area (Å²) in [5.41, 5.74) is 0.793. The average Bonchev–Trinajstić information content (AvgIpc) is 3.42. The van der Waals surface area contributed by atoms with E-state index in [1.54, 1.807) is 48.9 Å². The molecule has 226 valence electrons. The summed E-state index contributed by atoms with van der Waals surface area (Å²) in [4.78, 5) is 80.2. The molecule has 0 bridgehead atoms. The van der Waals surface area contributed by atoms with Gasteiger partial charge in [-0.3, -0.25) is 29.0 Å². The Kier molecular flexibility index (Phi) is 8.72. The number of imide groups is 1. The molecule has 4 heterocycles. The van der Waals surface area contributed by atoms with Crippen molar-refractivity contribution in [1.82, 2.24) is 40.1 Å². The van der Waals surface area contributed by atoms with Crippen LogP contribution in [-0.4, -0.2) is 113 Å². The lowest BCUT2D eigenvalue weighted by atomic mass is 10.0. The summed E-state index contributed by atoms with van der Waals surface area (Å²) in [7, 11) is 1.77. The molecule has 0 saturated carbocycles. The van der Waals surface area contributed by atoms with Gasteiger partial charge in [0.25, 0.3) is 5.91 Å². The fourth-order valence-electron chi connectivity index (χ4n) is 4.90. The van der Waals surface area contributed by atoms with E-state index in [-0.39, 0.29) is 24.5 Å². The fraction of sp³-hybridized carbons (Fsp3) is 0.385. The van der Waals surface area contributed by atoms with Crippen molar-refractivity contribution in [3.8, 4) is 0 Å². The van der Waals surface area contributed by atoms with Crippen LogP contribution in [0.3, 0.4) is 0 Å². The van der Waals surface area contributed by atoms with Crippen LogP contribution in [0.2, 0.25) is 0 Å². The number of β-lactam (4-membered cyclic amide) rings is 1. The van der Waals surface area contributed by atoms with E-state index in [1.165, 1.54) is 39.7 Å². The molecule has 3 aliphatic heterocycles. The molecule has 1 aromatic heterocycles. The summed E-state index contributed by atoms with van der Waals surface area (Å²) in [5, 5.41) is 22.9.